The molecular weight excluding hydrogens is 242 g/mol. The van der Waals surface area contributed by atoms with Crippen molar-refractivity contribution in [1.29, 1.82) is 0 Å². The molecule has 104 valence electrons. The SMILES string of the molecule is CCOc1cc(CNC2CC3CCC2O3)ccc1O. The van der Waals surface area contributed by atoms with E-state index in [4.69, 9.17) is 9.47 Å². The molecule has 0 amide bonds. The highest BCUT2D eigenvalue weighted by atomic mass is 16.5. The van der Waals surface area contributed by atoms with Crippen LogP contribution in [0.5, 0.6) is 11.5 Å². The van der Waals surface area contributed by atoms with E-state index in [1.807, 2.05) is 19.1 Å². The van der Waals surface area contributed by atoms with Gasteiger partial charge in [-0.3, -0.25) is 0 Å². The van der Waals surface area contributed by atoms with Gasteiger partial charge in [-0.25, -0.2) is 0 Å². The molecule has 2 aliphatic heterocycles. The lowest BCUT2D eigenvalue weighted by atomic mass is 9.95. The molecule has 2 fully saturated rings. The van der Waals surface area contributed by atoms with Gasteiger partial charge in [-0.1, -0.05) is 6.07 Å². The molecule has 4 heteroatoms. The zero-order valence-electron chi connectivity index (χ0n) is 11.3. The van der Waals surface area contributed by atoms with Gasteiger partial charge in [0, 0.05) is 12.6 Å². The van der Waals surface area contributed by atoms with Gasteiger partial charge in [0.25, 0.3) is 0 Å². The monoisotopic (exact) mass is 263 g/mol. The first kappa shape index (κ1) is 12.8. The normalized spacial score (nSPS) is 28.8. The number of rotatable bonds is 5. The molecule has 4 nitrogen and oxygen atoms in total. The van der Waals surface area contributed by atoms with Crippen LogP contribution in [0.25, 0.3) is 0 Å². The van der Waals surface area contributed by atoms with E-state index in [2.05, 4.69) is 5.32 Å². The molecule has 19 heavy (non-hydrogen) atoms. The number of benzene rings is 1. The molecule has 0 aliphatic carbocycles. The van der Waals surface area contributed by atoms with E-state index in [1.54, 1.807) is 6.07 Å². The fourth-order valence-corrected chi connectivity index (χ4v) is 3.04. The second-order valence-corrected chi connectivity index (χ2v) is 5.33. The van der Waals surface area contributed by atoms with Crippen LogP contribution in [0, 0.1) is 0 Å². The Hall–Kier alpha value is -1.26. The quantitative estimate of drug-likeness (QED) is 0.855. The summed E-state index contributed by atoms with van der Waals surface area (Å²) >= 11 is 0. The van der Waals surface area contributed by atoms with Crippen molar-refractivity contribution in [2.75, 3.05) is 6.61 Å². The fraction of sp³-hybridized carbons (Fsp3) is 0.600. The standard InChI is InChI=1S/C15H21NO3/c1-2-18-15-7-10(3-5-13(15)17)9-16-12-8-11-4-6-14(12)19-11/h3,5,7,11-12,14,16-17H,2,4,6,8-9H2,1H3. The second-order valence-electron chi connectivity index (χ2n) is 5.33. The minimum Gasteiger partial charge on any atom is -0.504 e. The molecule has 3 unspecified atom stereocenters. The maximum atomic E-state index is 9.67. The Morgan fingerprint density at radius 3 is 3.00 bits per heavy atom. The lowest BCUT2D eigenvalue weighted by molar-refractivity contribution is 0.0973. The number of hydrogen-bond donors (Lipinski definition) is 2. The Kier molecular flexibility index (Phi) is 3.62. The molecule has 2 heterocycles. The van der Waals surface area contributed by atoms with Crippen molar-refractivity contribution in [3.63, 3.8) is 0 Å². The zero-order chi connectivity index (χ0) is 13.2. The lowest BCUT2D eigenvalue weighted by Gasteiger charge is -2.20. The molecule has 1 aromatic rings. The van der Waals surface area contributed by atoms with Gasteiger partial charge in [-0.05, 0) is 43.9 Å². The molecule has 0 spiro atoms. The van der Waals surface area contributed by atoms with E-state index in [1.165, 1.54) is 12.8 Å². The molecule has 0 saturated carbocycles. The Labute approximate surface area is 113 Å². The second kappa shape index (κ2) is 5.39. The van der Waals surface area contributed by atoms with Crippen LogP contribution < -0.4 is 10.1 Å². The fourth-order valence-electron chi connectivity index (χ4n) is 3.04. The number of nitrogens with one attached hydrogen (secondary N) is 1. The summed E-state index contributed by atoms with van der Waals surface area (Å²) in [5, 5.41) is 13.2. The van der Waals surface area contributed by atoms with Gasteiger partial charge in [-0.15, -0.1) is 0 Å². The van der Waals surface area contributed by atoms with Crippen LogP contribution in [0.4, 0.5) is 0 Å². The number of fused-ring (bicyclic) bond motifs is 2. The van der Waals surface area contributed by atoms with Crippen molar-refractivity contribution in [1.82, 2.24) is 5.32 Å². The summed E-state index contributed by atoms with van der Waals surface area (Å²) < 4.78 is 11.2. The van der Waals surface area contributed by atoms with Gasteiger partial charge in [0.1, 0.15) is 0 Å². The van der Waals surface area contributed by atoms with Crippen molar-refractivity contribution in [3.8, 4) is 11.5 Å². The van der Waals surface area contributed by atoms with E-state index in [0.717, 1.165) is 18.5 Å². The molecule has 2 N–H and O–H groups in total. The average molecular weight is 263 g/mol. The summed E-state index contributed by atoms with van der Waals surface area (Å²) in [6.07, 6.45) is 4.40. The van der Waals surface area contributed by atoms with Gasteiger partial charge in [0.05, 0.1) is 18.8 Å². The number of phenolic OH excluding ortho intramolecular Hbond substituents is 1. The van der Waals surface area contributed by atoms with Crippen LogP contribution >= 0.6 is 0 Å². The van der Waals surface area contributed by atoms with Crippen molar-refractivity contribution >= 4 is 0 Å². The van der Waals surface area contributed by atoms with Gasteiger partial charge < -0.3 is 19.9 Å². The van der Waals surface area contributed by atoms with Gasteiger partial charge in [0.15, 0.2) is 11.5 Å². The smallest absolute Gasteiger partial charge is 0.161 e. The molecule has 0 radical (unpaired) electrons. The molecule has 1 aromatic carbocycles. The van der Waals surface area contributed by atoms with E-state index >= 15 is 0 Å². The summed E-state index contributed by atoms with van der Waals surface area (Å²) in [5.41, 5.74) is 1.13. The molecule has 3 rings (SSSR count). The largest absolute Gasteiger partial charge is 0.504 e. The lowest BCUT2D eigenvalue weighted by Crippen LogP contribution is -2.36. The van der Waals surface area contributed by atoms with Crippen LogP contribution in [-0.2, 0) is 11.3 Å². The topological polar surface area (TPSA) is 50.7 Å². The van der Waals surface area contributed by atoms with Crippen LogP contribution in [0.2, 0.25) is 0 Å². The van der Waals surface area contributed by atoms with E-state index in [0.29, 0.717) is 30.6 Å². The molecule has 0 aromatic heterocycles. The summed E-state index contributed by atoms with van der Waals surface area (Å²) in [5.74, 6) is 0.764. The van der Waals surface area contributed by atoms with E-state index in [9.17, 15) is 5.11 Å². The predicted octanol–water partition coefficient (Wildman–Crippen LogP) is 2.20. The number of hydrogen-bond acceptors (Lipinski definition) is 4. The van der Waals surface area contributed by atoms with Crippen molar-refractivity contribution < 1.29 is 14.6 Å². The van der Waals surface area contributed by atoms with Gasteiger partial charge in [0.2, 0.25) is 0 Å². The third kappa shape index (κ3) is 2.69. The number of ether oxygens (including phenoxy) is 2. The summed E-state index contributed by atoms with van der Waals surface area (Å²) in [6.45, 7) is 3.26. The highest BCUT2D eigenvalue weighted by molar-refractivity contribution is 5.41. The summed E-state index contributed by atoms with van der Waals surface area (Å²) in [4.78, 5) is 0. The van der Waals surface area contributed by atoms with Crippen LogP contribution in [0.1, 0.15) is 31.7 Å². The van der Waals surface area contributed by atoms with Crippen molar-refractivity contribution in [2.24, 2.45) is 0 Å². The van der Waals surface area contributed by atoms with Crippen LogP contribution in [0.3, 0.4) is 0 Å². The Balaban J connectivity index is 1.59. The van der Waals surface area contributed by atoms with Crippen LogP contribution in [0.15, 0.2) is 18.2 Å². The zero-order valence-corrected chi connectivity index (χ0v) is 11.3. The molecule has 2 bridgehead atoms. The maximum Gasteiger partial charge on any atom is 0.161 e. The predicted molar refractivity (Wildman–Crippen MR) is 72.4 cm³/mol. The molecule has 3 atom stereocenters. The first-order valence-corrected chi connectivity index (χ1v) is 7.10. The maximum absolute atomic E-state index is 9.67. The minimum absolute atomic E-state index is 0.203. The molecule has 2 aliphatic rings. The van der Waals surface area contributed by atoms with Gasteiger partial charge >= 0.3 is 0 Å². The van der Waals surface area contributed by atoms with E-state index in [-0.39, 0.29) is 5.75 Å². The highest BCUT2D eigenvalue weighted by Gasteiger charge is 2.40. The minimum atomic E-state index is 0.203. The summed E-state index contributed by atoms with van der Waals surface area (Å²) in [6, 6.07) is 6.00. The van der Waals surface area contributed by atoms with Crippen molar-refractivity contribution in [3.05, 3.63) is 23.8 Å². The molecular formula is C15H21NO3. The Morgan fingerprint density at radius 2 is 2.32 bits per heavy atom. The first-order valence-electron chi connectivity index (χ1n) is 7.10. The van der Waals surface area contributed by atoms with Crippen molar-refractivity contribution in [2.45, 2.75) is 51.0 Å². The first-order chi connectivity index (χ1) is 9.26. The van der Waals surface area contributed by atoms with Crippen LogP contribution in [-0.4, -0.2) is 30.0 Å². The number of aromatic hydroxyl groups is 1. The average Bonchev–Trinajstić information content (AvgIpc) is 3.02. The Bertz CT molecular complexity index is 449. The number of phenols is 1. The highest BCUT2D eigenvalue weighted by Crippen LogP contribution is 2.34. The van der Waals surface area contributed by atoms with E-state index < -0.39 is 0 Å². The molecule has 2 saturated heterocycles. The third-order valence-electron chi connectivity index (χ3n) is 4.00. The Morgan fingerprint density at radius 1 is 1.42 bits per heavy atom. The summed E-state index contributed by atoms with van der Waals surface area (Å²) in [7, 11) is 0. The van der Waals surface area contributed by atoms with Gasteiger partial charge in [-0.2, -0.15) is 0 Å². The third-order valence-corrected chi connectivity index (χ3v) is 4.00.